The predicted octanol–water partition coefficient (Wildman–Crippen LogP) is 3.77. The second-order valence-corrected chi connectivity index (χ2v) is 9.82. The number of amides is 1. The monoisotopic (exact) mass is 504 g/mol. The summed E-state index contributed by atoms with van der Waals surface area (Å²) < 4.78 is 12.1. The van der Waals surface area contributed by atoms with Gasteiger partial charge < -0.3 is 25.2 Å². The van der Waals surface area contributed by atoms with Crippen molar-refractivity contribution >= 4 is 21.8 Å². The van der Waals surface area contributed by atoms with E-state index in [1.54, 1.807) is 0 Å². The Kier molecular flexibility index (Phi) is 8.71. The Morgan fingerprint density at radius 1 is 1.28 bits per heavy atom. The smallest absolute Gasteiger partial charge is 0.246 e. The van der Waals surface area contributed by atoms with E-state index in [0.29, 0.717) is 13.0 Å². The number of aliphatic hydroxyl groups excluding tert-OH is 1. The molecule has 0 saturated carbocycles. The summed E-state index contributed by atoms with van der Waals surface area (Å²) in [5.41, 5.74) is 1.92. The van der Waals surface area contributed by atoms with Crippen LogP contribution >= 0.6 is 15.9 Å². The van der Waals surface area contributed by atoms with Crippen LogP contribution in [0.5, 0.6) is 5.75 Å². The molecule has 0 saturated heterocycles. The molecule has 3 atom stereocenters. The molecule has 3 rings (SSSR count). The first kappa shape index (κ1) is 24.7. The molecule has 3 N–H and O–H groups in total. The Bertz CT molecular complexity index is 891. The normalized spacial score (nSPS) is 18.8. The van der Waals surface area contributed by atoms with Gasteiger partial charge in [-0.1, -0.05) is 46.3 Å². The lowest BCUT2D eigenvalue weighted by Gasteiger charge is -2.38. The Balaban J connectivity index is 1.67. The molecule has 174 valence electrons. The first-order valence-electron chi connectivity index (χ1n) is 11.0. The molecule has 6 nitrogen and oxygen atoms in total. The van der Waals surface area contributed by atoms with Gasteiger partial charge in [0, 0.05) is 36.2 Å². The van der Waals surface area contributed by atoms with Crippen LogP contribution in [-0.2, 0) is 16.0 Å². The summed E-state index contributed by atoms with van der Waals surface area (Å²) in [7, 11) is 1.49. The molecule has 2 aromatic rings. The van der Waals surface area contributed by atoms with Gasteiger partial charge >= 0.3 is 0 Å². The van der Waals surface area contributed by atoms with Crippen LogP contribution in [0.1, 0.15) is 43.9 Å². The second kappa shape index (κ2) is 11.3. The molecule has 0 aromatic heterocycles. The van der Waals surface area contributed by atoms with E-state index in [-0.39, 0.29) is 30.2 Å². The standard InChI is InChI=1S/C25H33BrN2O4/c1-25(2)14-21(19-13-18(26)10-12-23(19)32-25)27-15-22(29)20(28-24(30)16-31-3)11-9-17-7-5-4-6-8-17/h4-8,10,12-13,20-22,27,29H,9,11,14-16H2,1-3H3,(H,28,30)/t20-,21-,22+/m0/s1. The topological polar surface area (TPSA) is 79.8 Å². The summed E-state index contributed by atoms with van der Waals surface area (Å²) in [4.78, 5) is 12.2. The number of aryl methyl sites for hydroxylation is 1. The summed E-state index contributed by atoms with van der Waals surface area (Å²) in [5, 5.41) is 17.5. The van der Waals surface area contributed by atoms with E-state index < -0.39 is 6.10 Å². The second-order valence-electron chi connectivity index (χ2n) is 8.91. The van der Waals surface area contributed by atoms with Crippen molar-refractivity contribution in [3.05, 3.63) is 64.1 Å². The van der Waals surface area contributed by atoms with Crippen LogP contribution in [0.15, 0.2) is 53.0 Å². The van der Waals surface area contributed by atoms with Crippen LogP contribution in [0.25, 0.3) is 0 Å². The maximum Gasteiger partial charge on any atom is 0.246 e. The zero-order chi connectivity index (χ0) is 23.1. The number of hydrogen-bond acceptors (Lipinski definition) is 5. The average molecular weight is 505 g/mol. The first-order chi connectivity index (χ1) is 15.3. The number of carbonyl (C=O) groups excluding carboxylic acids is 1. The molecule has 1 aliphatic heterocycles. The van der Waals surface area contributed by atoms with Crippen LogP contribution in [0.3, 0.4) is 0 Å². The Morgan fingerprint density at radius 2 is 2.03 bits per heavy atom. The summed E-state index contributed by atoms with van der Waals surface area (Å²) in [6, 6.07) is 15.7. The van der Waals surface area contributed by atoms with Gasteiger partial charge in [0.25, 0.3) is 0 Å². The highest BCUT2D eigenvalue weighted by molar-refractivity contribution is 9.10. The molecule has 32 heavy (non-hydrogen) atoms. The van der Waals surface area contributed by atoms with Crippen molar-refractivity contribution in [1.82, 2.24) is 10.6 Å². The highest BCUT2D eigenvalue weighted by atomic mass is 79.9. The van der Waals surface area contributed by atoms with Gasteiger partial charge in [0.05, 0.1) is 12.1 Å². The molecule has 0 aliphatic carbocycles. The van der Waals surface area contributed by atoms with Gasteiger partial charge in [-0.05, 0) is 50.5 Å². The van der Waals surface area contributed by atoms with Crippen LogP contribution in [0.2, 0.25) is 0 Å². The highest BCUT2D eigenvalue weighted by Gasteiger charge is 2.34. The molecule has 0 spiro atoms. The summed E-state index contributed by atoms with van der Waals surface area (Å²) in [6.45, 7) is 4.45. The number of halogens is 1. The first-order valence-corrected chi connectivity index (χ1v) is 11.8. The van der Waals surface area contributed by atoms with Crippen molar-refractivity contribution < 1.29 is 19.4 Å². The number of fused-ring (bicyclic) bond motifs is 1. The number of carbonyl (C=O) groups is 1. The lowest BCUT2D eigenvalue weighted by atomic mass is 9.89. The van der Waals surface area contributed by atoms with Crippen molar-refractivity contribution in [3.8, 4) is 5.75 Å². The van der Waals surface area contributed by atoms with Gasteiger partial charge in [-0.25, -0.2) is 0 Å². The third-order valence-electron chi connectivity index (χ3n) is 5.68. The van der Waals surface area contributed by atoms with E-state index in [0.717, 1.165) is 28.6 Å². The van der Waals surface area contributed by atoms with Crippen molar-refractivity contribution in [3.63, 3.8) is 0 Å². The molecular weight excluding hydrogens is 472 g/mol. The van der Waals surface area contributed by atoms with Gasteiger partial charge in [-0.2, -0.15) is 0 Å². The molecule has 0 fully saturated rings. The molecule has 0 unspecified atom stereocenters. The number of rotatable bonds is 10. The third kappa shape index (κ3) is 7.04. The van der Waals surface area contributed by atoms with E-state index in [1.807, 2.05) is 30.3 Å². The third-order valence-corrected chi connectivity index (χ3v) is 6.17. The largest absolute Gasteiger partial charge is 0.487 e. The van der Waals surface area contributed by atoms with Crippen LogP contribution in [0.4, 0.5) is 0 Å². The van der Waals surface area contributed by atoms with Crippen molar-refractivity contribution in [2.45, 2.75) is 56.9 Å². The molecule has 1 aliphatic rings. The summed E-state index contributed by atoms with van der Waals surface area (Å²) in [6.07, 6.45) is 1.41. The quantitative estimate of drug-likeness (QED) is 0.458. The van der Waals surface area contributed by atoms with Gasteiger partial charge in [0.1, 0.15) is 18.0 Å². The summed E-state index contributed by atoms with van der Waals surface area (Å²) >= 11 is 3.54. The zero-order valence-electron chi connectivity index (χ0n) is 18.9. The lowest BCUT2D eigenvalue weighted by molar-refractivity contribution is -0.126. The minimum atomic E-state index is -0.749. The fraction of sp³-hybridized carbons (Fsp3) is 0.480. The van der Waals surface area contributed by atoms with Gasteiger partial charge in [0.2, 0.25) is 5.91 Å². The average Bonchev–Trinajstić information content (AvgIpc) is 2.75. The molecular formula is C25H33BrN2O4. The van der Waals surface area contributed by atoms with E-state index in [4.69, 9.17) is 9.47 Å². The van der Waals surface area contributed by atoms with E-state index in [9.17, 15) is 9.90 Å². The number of nitrogens with one attached hydrogen (secondary N) is 2. The van der Waals surface area contributed by atoms with E-state index in [1.165, 1.54) is 12.7 Å². The molecule has 2 aromatic carbocycles. The minimum absolute atomic E-state index is 0.0302. The van der Waals surface area contributed by atoms with Crippen molar-refractivity contribution in [2.24, 2.45) is 0 Å². The van der Waals surface area contributed by atoms with Crippen LogP contribution < -0.4 is 15.4 Å². The number of ether oxygens (including phenoxy) is 2. The Morgan fingerprint density at radius 3 is 2.75 bits per heavy atom. The van der Waals surface area contributed by atoms with Gasteiger partial charge in [-0.3, -0.25) is 4.79 Å². The number of methoxy groups -OCH3 is 1. The molecule has 0 bridgehead atoms. The van der Waals surface area contributed by atoms with Crippen LogP contribution in [-0.4, -0.2) is 49.0 Å². The molecule has 0 radical (unpaired) electrons. The summed E-state index contributed by atoms with van der Waals surface area (Å²) in [5.74, 6) is 0.622. The van der Waals surface area contributed by atoms with Crippen LogP contribution in [0, 0.1) is 0 Å². The predicted molar refractivity (Wildman–Crippen MR) is 129 cm³/mol. The minimum Gasteiger partial charge on any atom is -0.487 e. The maximum absolute atomic E-state index is 12.2. The van der Waals surface area contributed by atoms with Crippen molar-refractivity contribution in [2.75, 3.05) is 20.3 Å². The maximum atomic E-state index is 12.2. The van der Waals surface area contributed by atoms with Gasteiger partial charge in [0.15, 0.2) is 0 Å². The van der Waals surface area contributed by atoms with Gasteiger partial charge in [-0.15, -0.1) is 0 Å². The fourth-order valence-corrected chi connectivity index (χ4v) is 4.50. The van der Waals surface area contributed by atoms with E-state index >= 15 is 0 Å². The molecule has 7 heteroatoms. The number of benzene rings is 2. The molecule has 1 amide bonds. The van der Waals surface area contributed by atoms with E-state index in [2.05, 4.69) is 58.6 Å². The Hall–Kier alpha value is -1.93. The fourth-order valence-electron chi connectivity index (χ4n) is 4.12. The zero-order valence-corrected chi connectivity index (χ0v) is 20.5. The number of hydrogen-bond donors (Lipinski definition) is 3. The van der Waals surface area contributed by atoms with Crippen molar-refractivity contribution in [1.29, 1.82) is 0 Å². The molecule has 1 heterocycles. The number of aliphatic hydroxyl groups is 1. The Labute approximate surface area is 198 Å². The lowest BCUT2D eigenvalue weighted by Crippen LogP contribution is -2.50. The SMILES string of the molecule is COCC(=O)N[C@@H](CCc1ccccc1)[C@H](O)CN[C@H]1CC(C)(C)Oc2ccc(Br)cc21. The highest BCUT2D eigenvalue weighted by Crippen LogP contribution is 2.40.